The second-order valence-corrected chi connectivity index (χ2v) is 23.8. The van der Waals surface area contributed by atoms with E-state index in [1.165, 1.54) is 22.3 Å². The van der Waals surface area contributed by atoms with E-state index in [1.807, 2.05) is 0 Å². The Balaban J connectivity index is 1.50. The van der Waals surface area contributed by atoms with E-state index in [1.54, 1.807) is 5.19 Å². The lowest BCUT2D eigenvalue weighted by atomic mass is 9.74. The highest BCUT2D eigenvalue weighted by Gasteiger charge is 2.64. The predicted octanol–water partition coefficient (Wildman–Crippen LogP) is 11.8. The molecule has 1 aromatic rings. The molecule has 2 fully saturated rings. The second-order valence-electron chi connectivity index (χ2n) is 19.3. The average molecular weight is 641 g/mol. The zero-order valence-corrected chi connectivity index (χ0v) is 32.1. The third-order valence-corrected chi connectivity index (χ3v) is 19.2. The molecule has 7 rings (SSSR count). The van der Waals surface area contributed by atoms with Crippen molar-refractivity contribution in [3.05, 3.63) is 126 Å². The van der Waals surface area contributed by atoms with E-state index in [0.717, 1.165) is 0 Å². The first-order valence-corrected chi connectivity index (χ1v) is 21.3. The summed E-state index contributed by atoms with van der Waals surface area (Å²) >= 11 is 0. The molecule has 0 radical (unpaired) electrons. The van der Waals surface area contributed by atoms with Crippen LogP contribution in [0.25, 0.3) is 0 Å². The van der Waals surface area contributed by atoms with E-state index in [9.17, 15) is 0 Å². The molecule has 2 saturated carbocycles. The van der Waals surface area contributed by atoms with Gasteiger partial charge in [-0.3, -0.25) is 0 Å². The molecule has 0 aromatic heterocycles. The molecule has 0 N–H and O–H groups in total. The van der Waals surface area contributed by atoms with Crippen LogP contribution in [0.1, 0.15) is 69.2 Å². The van der Waals surface area contributed by atoms with Crippen molar-refractivity contribution in [3.63, 3.8) is 0 Å². The van der Waals surface area contributed by atoms with Crippen LogP contribution in [-0.2, 0) is 0 Å². The summed E-state index contributed by atoms with van der Waals surface area (Å²) in [4.78, 5) is 0. The van der Waals surface area contributed by atoms with Crippen LogP contribution in [0.15, 0.2) is 126 Å². The summed E-state index contributed by atoms with van der Waals surface area (Å²) in [6.07, 6.45) is 31.6. The van der Waals surface area contributed by atoms with Crippen LogP contribution < -0.4 is 5.19 Å². The molecule has 0 nitrogen and oxygen atoms in total. The number of allylic oxidation sites excluding steroid dienone is 16. The zero-order chi connectivity index (χ0) is 33.7. The summed E-state index contributed by atoms with van der Waals surface area (Å²) in [5.41, 5.74) is 7.72. The van der Waals surface area contributed by atoms with Crippen molar-refractivity contribution >= 4 is 13.3 Å². The summed E-state index contributed by atoms with van der Waals surface area (Å²) < 4.78 is 0. The van der Waals surface area contributed by atoms with Gasteiger partial charge in [-0.2, -0.15) is 0 Å². The molecule has 6 aliphatic carbocycles. The van der Waals surface area contributed by atoms with Gasteiger partial charge in [0.15, 0.2) is 0 Å². The topological polar surface area (TPSA) is 0 Å². The summed E-state index contributed by atoms with van der Waals surface area (Å²) in [5.74, 6) is 4.49. The smallest absolute Gasteiger partial charge is 0.0800 e. The first kappa shape index (κ1) is 32.9. The van der Waals surface area contributed by atoms with Gasteiger partial charge in [0.1, 0.15) is 0 Å². The van der Waals surface area contributed by atoms with Gasteiger partial charge in [-0.25, -0.2) is 0 Å². The van der Waals surface area contributed by atoms with Crippen LogP contribution in [-0.4, -0.2) is 8.07 Å². The highest BCUT2D eigenvalue weighted by Crippen LogP contribution is 2.67. The van der Waals surface area contributed by atoms with Crippen molar-refractivity contribution in [1.82, 2.24) is 0 Å². The Morgan fingerprint density at radius 2 is 0.787 bits per heavy atom. The van der Waals surface area contributed by atoms with Gasteiger partial charge in [-0.05, 0) is 98.3 Å². The largest absolute Gasteiger partial charge is 0.0921 e. The maximum atomic E-state index is 2.87. The highest BCUT2D eigenvalue weighted by atomic mass is 28.3. The monoisotopic (exact) mass is 640 g/mol. The van der Waals surface area contributed by atoms with Gasteiger partial charge in [-0.15, -0.1) is 0 Å². The lowest BCUT2D eigenvalue weighted by Gasteiger charge is -2.49. The maximum absolute atomic E-state index is 2.87. The van der Waals surface area contributed by atoms with Crippen molar-refractivity contribution in [1.29, 1.82) is 0 Å². The Labute approximate surface area is 288 Å². The van der Waals surface area contributed by atoms with Crippen molar-refractivity contribution in [2.45, 2.75) is 86.9 Å². The minimum atomic E-state index is -2.30. The van der Waals surface area contributed by atoms with Gasteiger partial charge in [0.2, 0.25) is 0 Å². The van der Waals surface area contributed by atoms with E-state index in [4.69, 9.17) is 0 Å². The molecule has 10 atom stereocenters. The first-order chi connectivity index (χ1) is 22.0. The van der Waals surface area contributed by atoms with Crippen LogP contribution in [0, 0.1) is 63.6 Å². The van der Waals surface area contributed by atoms with Crippen LogP contribution >= 0.6 is 0 Å². The van der Waals surface area contributed by atoms with Crippen molar-refractivity contribution in [2.75, 3.05) is 0 Å². The molecule has 6 aliphatic rings. The Morgan fingerprint density at radius 1 is 0.447 bits per heavy atom. The van der Waals surface area contributed by atoms with Gasteiger partial charge >= 0.3 is 0 Å². The fourth-order valence-electron chi connectivity index (χ4n) is 10.9. The molecule has 1 heteroatoms. The Hall–Kier alpha value is -2.64. The van der Waals surface area contributed by atoms with E-state index >= 15 is 0 Å². The maximum Gasteiger partial charge on any atom is 0.0921 e. The van der Waals surface area contributed by atoms with Crippen LogP contribution in [0.4, 0.5) is 0 Å². The van der Waals surface area contributed by atoms with Crippen molar-refractivity contribution < 1.29 is 0 Å². The molecule has 1 aromatic carbocycles. The van der Waals surface area contributed by atoms with Crippen LogP contribution in [0.3, 0.4) is 0 Å². The molecule has 0 amide bonds. The van der Waals surface area contributed by atoms with Gasteiger partial charge in [-0.1, -0.05) is 183 Å². The molecule has 47 heavy (non-hydrogen) atoms. The van der Waals surface area contributed by atoms with Gasteiger partial charge < -0.3 is 0 Å². The van der Waals surface area contributed by atoms with Gasteiger partial charge in [0.25, 0.3) is 0 Å². The minimum absolute atomic E-state index is 0.142. The average Bonchev–Trinajstić information content (AvgIpc) is 3.51. The summed E-state index contributed by atoms with van der Waals surface area (Å²) in [7, 11) is -2.30. The molecular weight excluding hydrogens is 581 g/mol. The lowest BCUT2D eigenvalue weighted by Crippen LogP contribution is -2.58. The quantitative estimate of drug-likeness (QED) is 0.288. The zero-order valence-electron chi connectivity index (χ0n) is 31.1. The lowest BCUT2D eigenvalue weighted by molar-refractivity contribution is 0.433. The SMILES string of the molecule is CC1=CC2C(C=C1)C1C=CC(C(C)(C)C)=CC1C2[Si](C)(c1ccccc1)C1C2C=C(C(C)(C)C)C=CC2C2C=CC(C(C)(C)C)=CC21. The van der Waals surface area contributed by atoms with Crippen molar-refractivity contribution in [3.8, 4) is 0 Å². The molecule has 10 unspecified atom stereocenters. The normalized spacial score (nSPS) is 37.2. The Morgan fingerprint density at radius 3 is 1.15 bits per heavy atom. The molecular formula is C46H60Si. The third-order valence-electron chi connectivity index (χ3n) is 13.4. The van der Waals surface area contributed by atoms with Crippen molar-refractivity contribution in [2.24, 2.45) is 63.6 Å². The summed E-state index contributed by atoms with van der Waals surface area (Å²) in [5, 5.41) is 1.68. The van der Waals surface area contributed by atoms with Crippen LogP contribution in [0.2, 0.25) is 17.6 Å². The van der Waals surface area contributed by atoms with E-state index < -0.39 is 8.07 Å². The molecule has 0 spiro atoms. The van der Waals surface area contributed by atoms with E-state index in [-0.39, 0.29) is 16.2 Å². The fraction of sp³-hybridized carbons (Fsp3) is 0.522. The molecule has 0 saturated heterocycles. The summed E-state index contributed by atoms with van der Waals surface area (Å²) in [6.45, 7) is 26.9. The number of hydrogen-bond donors (Lipinski definition) is 0. The van der Waals surface area contributed by atoms with Gasteiger partial charge in [0.05, 0.1) is 8.07 Å². The predicted molar refractivity (Wildman–Crippen MR) is 206 cm³/mol. The number of benzene rings is 1. The second kappa shape index (κ2) is 11.2. The highest BCUT2D eigenvalue weighted by molar-refractivity contribution is 6.93. The fourth-order valence-corrected chi connectivity index (χ4v) is 17.5. The minimum Gasteiger partial charge on any atom is -0.0800 e. The van der Waals surface area contributed by atoms with E-state index in [2.05, 4.69) is 179 Å². The van der Waals surface area contributed by atoms with Crippen LogP contribution in [0.5, 0.6) is 0 Å². The first-order valence-electron chi connectivity index (χ1n) is 18.6. The molecule has 0 bridgehead atoms. The molecule has 248 valence electrons. The Kier molecular flexibility index (Phi) is 7.83. The summed E-state index contributed by atoms with van der Waals surface area (Å²) in [6, 6.07) is 12.1. The number of fused-ring (bicyclic) bond motifs is 6. The third kappa shape index (κ3) is 5.38. The number of rotatable bonds is 3. The number of hydrogen-bond acceptors (Lipinski definition) is 0. The van der Waals surface area contributed by atoms with Gasteiger partial charge in [0, 0.05) is 0 Å². The molecule has 0 heterocycles. The standard InChI is InChI=1S/C46H60Si/c1-29-17-21-34-35-22-18-30(44(2,3)4)26-39(35)42(38(34)25-29)47(11,33-15-13-12-14-16-33)43-40-27-31(45(5,6)7)19-23-36(40)37-24-20-32(28-41(37)43)46(8,9)10/h12-28,34-43H,1-11H3. The van der Waals surface area contributed by atoms with E-state index in [0.29, 0.717) is 58.4 Å². The molecule has 0 aliphatic heterocycles. The Bertz CT molecular complexity index is 1600.